The molecule has 0 radical (unpaired) electrons. The molecule has 4 aromatic rings. The van der Waals surface area contributed by atoms with Crippen LogP contribution in [0.5, 0.6) is 5.75 Å². The fourth-order valence-electron chi connectivity index (χ4n) is 5.50. The zero-order valence-corrected chi connectivity index (χ0v) is 25.9. The van der Waals surface area contributed by atoms with Crippen LogP contribution in [0.1, 0.15) is 66.9 Å². The van der Waals surface area contributed by atoms with E-state index >= 15 is 0 Å². The summed E-state index contributed by atoms with van der Waals surface area (Å²) in [5.41, 5.74) is 2.65. The number of rotatable bonds is 6. The molecular weight excluding hydrogens is 572 g/mol. The first kappa shape index (κ1) is 31.4. The maximum atomic E-state index is 13.8. The average Bonchev–Trinajstić information content (AvgIpc) is 3.68. The number of aromatic hydroxyl groups is 1. The van der Waals surface area contributed by atoms with E-state index in [0.717, 1.165) is 11.1 Å². The molecule has 2 aromatic heterocycles. The first-order valence-corrected chi connectivity index (χ1v) is 15.4. The quantitative estimate of drug-likeness (QED) is 0.259. The highest BCUT2D eigenvalue weighted by molar-refractivity contribution is 5.93. The molecule has 12 heteroatoms. The third kappa shape index (κ3) is 7.75. The van der Waals surface area contributed by atoms with Crippen LogP contribution in [0.3, 0.4) is 0 Å². The Morgan fingerprint density at radius 1 is 1.04 bits per heavy atom. The molecule has 12 nitrogen and oxygen atoms in total. The molecule has 0 saturated carbocycles. The summed E-state index contributed by atoms with van der Waals surface area (Å²) >= 11 is 0. The third-order valence-corrected chi connectivity index (χ3v) is 8.20. The molecule has 2 aromatic carbocycles. The van der Waals surface area contributed by atoms with Crippen molar-refractivity contribution in [2.45, 2.75) is 65.1 Å². The van der Waals surface area contributed by atoms with Crippen molar-refractivity contribution < 1.29 is 19.5 Å². The van der Waals surface area contributed by atoms with Crippen molar-refractivity contribution in [3.63, 3.8) is 0 Å². The zero-order valence-electron chi connectivity index (χ0n) is 25.9. The number of benzene rings is 2. The summed E-state index contributed by atoms with van der Waals surface area (Å²) < 4.78 is 1.76. The van der Waals surface area contributed by atoms with Gasteiger partial charge in [-0.2, -0.15) is 10.2 Å². The minimum Gasteiger partial charge on any atom is -0.508 e. The van der Waals surface area contributed by atoms with Crippen LogP contribution in [0.4, 0.5) is 0 Å². The standard InChI is InChI=1S/C33H40N8O4/c1-4-21(2)30-32(44)35-27(19-23-9-6-5-7-10-23)31-34-22(3)39-41(31)18-17-40(16-8-11-29(43)36-30)33(45)28-20-26(37-38-28)24-12-14-25(42)15-13-24/h5-7,9-10,12-15,20-21,27,30,42H,4,8,11,16-19H2,1-3H3,(H,35,44)(H,36,43)(H,37,38)/t21-,27-,30-/m0/s1. The molecule has 3 amide bonds. The predicted molar refractivity (Wildman–Crippen MR) is 168 cm³/mol. The second-order valence-corrected chi connectivity index (χ2v) is 11.5. The molecule has 4 N–H and O–H groups in total. The molecule has 45 heavy (non-hydrogen) atoms. The molecule has 0 bridgehead atoms. The van der Waals surface area contributed by atoms with Gasteiger partial charge in [0.1, 0.15) is 29.1 Å². The second kappa shape index (κ2) is 14.2. The Hall–Kier alpha value is -5.00. The van der Waals surface area contributed by atoms with E-state index in [1.165, 1.54) is 0 Å². The lowest BCUT2D eigenvalue weighted by Crippen LogP contribution is -2.51. The summed E-state index contributed by atoms with van der Waals surface area (Å²) in [4.78, 5) is 47.0. The molecule has 0 fully saturated rings. The maximum absolute atomic E-state index is 13.8. The molecule has 5 rings (SSSR count). The summed E-state index contributed by atoms with van der Waals surface area (Å²) in [5.74, 6) is 0.422. The Bertz CT molecular complexity index is 1620. The number of phenols is 1. The molecule has 236 valence electrons. The third-order valence-electron chi connectivity index (χ3n) is 8.20. The molecule has 0 saturated heterocycles. The van der Waals surface area contributed by atoms with E-state index < -0.39 is 12.1 Å². The number of aromatic amines is 1. The Labute approximate surface area is 262 Å². The molecule has 0 aliphatic carbocycles. The van der Waals surface area contributed by atoms with Gasteiger partial charge in [0, 0.05) is 25.1 Å². The van der Waals surface area contributed by atoms with Crippen molar-refractivity contribution in [2.24, 2.45) is 5.92 Å². The zero-order chi connectivity index (χ0) is 31.9. The molecule has 0 unspecified atom stereocenters. The highest BCUT2D eigenvalue weighted by atomic mass is 16.3. The number of hydrogen-bond donors (Lipinski definition) is 4. The number of aryl methyl sites for hydroxylation is 1. The normalized spacial score (nSPS) is 18.8. The Kier molecular flexibility index (Phi) is 9.91. The fourth-order valence-corrected chi connectivity index (χ4v) is 5.50. The topological polar surface area (TPSA) is 158 Å². The summed E-state index contributed by atoms with van der Waals surface area (Å²) in [7, 11) is 0. The summed E-state index contributed by atoms with van der Waals surface area (Å²) in [6, 6.07) is 16.9. The van der Waals surface area contributed by atoms with Gasteiger partial charge in [0.2, 0.25) is 11.8 Å². The number of carbonyl (C=O) groups is 3. The van der Waals surface area contributed by atoms with Crippen LogP contribution in [0.25, 0.3) is 11.3 Å². The van der Waals surface area contributed by atoms with Gasteiger partial charge < -0.3 is 20.6 Å². The van der Waals surface area contributed by atoms with Crippen LogP contribution in [0, 0.1) is 12.8 Å². The highest BCUT2D eigenvalue weighted by Gasteiger charge is 2.31. The fraction of sp³-hybridized carbons (Fsp3) is 0.394. The van der Waals surface area contributed by atoms with Gasteiger partial charge in [-0.1, -0.05) is 50.6 Å². The Morgan fingerprint density at radius 2 is 1.80 bits per heavy atom. The minimum atomic E-state index is -0.720. The average molecular weight is 613 g/mol. The molecular formula is C33H40N8O4. The van der Waals surface area contributed by atoms with E-state index in [2.05, 4.69) is 25.9 Å². The van der Waals surface area contributed by atoms with E-state index in [1.54, 1.807) is 46.8 Å². The van der Waals surface area contributed by atoms with Crippen molar-refractivity contribution in [1.29, 1.82) is 0 Å². The van der Waals surface area contributed by atoms with Crippen LogP contribution in [-0.4, -0.2) is 71.8 Å². The van der Waals surface area contributed by atoms with E-state index in [9.17, 15) is 19.5 Å². The van der Waals surface area contributed by atoms with Gasteiger partial charge in [-0.05, 0) is 61.6 Å². The number of carbonyl (C=O) groups excluding carboxylic acids is 3. The smallest absolute Gasteiger partial charge is 0.271 e. The van der Waals surface area contributed by atoms with Gasteiger partial charge in [0.05, 0.1) is 18.3 Å². The van der Waals surface area contributed by atoms with Crippen LogP contribution in [0.2, 0.25) is 0 Å². The summed E-state index contributed by atoms with van der Waals surface area (Å²) in [6.07, 6.45) is 1.75. The number of H-pyrrole nitrogens is 1. The Morgan fingerprint density at radius 3 is 2.53 bits per heavy atom. The molecule has 3 heterocycles. The van der Waals surface area contributed by atoms with Crippen molar-refractivity contribution in [2.75, 3.05) is 13.1 Å². The van der Waals surface area contributed by atoms with Crippen LogP contribution < -0.4 is 10.6 Å². The number of nitrogens with zero attached hydrogens (tertiary/aromatic N) is 5. The van der Waals surface area contributed by atoms with Crippen LogP contribution in [0.15, 0.2) is 60.7 Å². The molecule has 0 spiro atoms. The van der Waals surface area contributed by atoms with E-state index in [1.807, 2.05) is 44.2 Å². The lowest BCUT2D eigenvalue weighted by atomic mass is 9.97. The molecule has 3 atom stereocenters. The summed E-state index contributed by atoms with van der Waals surface area (Å²) in [5, 5.41) is 27.6. The Balaban J connectivity index is 1.45. The number of nitrogens with one attached hydrogen (secondary N) is 3. The lowest BCUT2D eigenvalue weighted by Gasteiger charge is -2.28. The van der Waals surface area contributed by atoms with E-state index in [0.29, 0.717) is 61.9 Å². The van der Waals surface area contributed by atoms with E-state index in [4.69, 9.17) is 4.98 Å². The number of amides is 3. The number of aromatic nitrogens is 5. The second-order valence-electron chi connectivity index (χ2n) is 11.5. The van der Waals surface area contributed by atoms with Crippen LogP contribution in [-0.2, 0) is 22.6 Å². The number of phenolic OH excluding ortho intramolecular Hbond substituents is 1. The van der Waals surface area contributed by atoms with Gasteiger partial charge in [-0.25, -0.2) is 9.67 Å². The number of hydrogen-bond acceptors (Lipinski definition) is 7. The van der Waals surface area contributed by atoms with Crippen molar-refractivity contribution in [1.82, 2.24) is 40.5 Å². The lowest BCUT2D eigenvalue weighted by molar-refractivity contribution is -0.130. The van der Waals surface area contributed by atoms with Gasteiger partial charge in [0.15, 0.2) is 0 Å². The maximum Gasteiger partial charge on any atom is 0.271 e. The van der Waals surface area contributed by atoms with Gasteiger partial charge >= 0.3 is 0 Å². The van der Waals surface area contributed by atoms with Gasteiger partial charge in [-0.3, -0.25) is 19.5 Å². The largest absolute Gasteiger partial charge is 0.508 e. The monoisotopic (exact) mass is 612 g/mol. The first-order valence-electron chi connectivity index (χ1n) is 15.4. The number of fused-ring (bicyclic) bond motifs is 1. The predicted octanol–water partition coefficient (Wildman–Crippen LogP) is 3.55. The highest BCUT2D eigenvalue weighted by Crippen LogP contribution is 2.22. The summed E-state index contributed by atoms with van der Waals surface area (Å²) in [6.45, 7) is 6.69. The van der Waals surface area contributed by atoms with Gasteiger partial charge in [0.25, 0.3) is 5.91 Å². The minimum absolute atomic E-state index is 0.0972. The SMILES string of the molecule is CC[C@H](C)[C@@H]1NC(=O)CCCN(C(=O)c2cc(-c3ccc(O)cc3)n[nH]2)CCn2nc(C)nc2[C@H](Cc2ccccc2)NC1=O. The van der Waals surface area contributed by atoms with Crippen LogP contribution >= 0.6 is 0 Å². The van der Waals surface area contributed by atoms with E-state index in [-0.39, 0.29) is 35.8 Å². The van der Waals surface area contributed by atoms with Gasteiger partial charge in [-0.15, -0.1) is 0 Å². The first-order chi connectivity index (χ1) is 21.7. The van der Waals surface area contributed by atoms with Crippen molar-refractivity contribution in [3.05, 3.63) is 83.6 Å². The molecule has 1 aliphatic rings. The van der Waals surface area contributed by atoms with Crippen molar-refractivity contribution >= 4 is 17.7 Å². The van der Waals surface area contributed by atoms with Crippen molar-refractivity contribution in [3.8, 4) is 17.0 Å². The molecule has 1 aliphatic heterocycles.